The number of rotatable bonds is 7. The number of amides is 2. The van der Waals surface area contributed by atoms with Gasteiger partial charge in [0.1, 0.15) is 0 Å². The summed E-state index contributed by atoms with van der Waals surface area (Å²) in [6.45, 7) is 9.82. The van der Waals surface area contributed by atoms with Crippen molar-refractivity contribution in [2.45, 2.75) is 58.7 Å². The minimum Gasteiger partial charge on any atom is -0.336 e. The molecule has 0 spiro atoms. The van der Waals surface area contributed by atoms with Gasteiger partial charge in [-0.05, 0) is 51.3 Å². The van der Waals surface area contributed by atoms with Crippen molar-refractivity contribution in [1.29, 1.82) is 0 Å². The van der Waals surface area contributed by atoms with Gasteiger partial charge in [0.2, 0.25) is 0 Å². The first kappa shape index (κ1) is 17.7. The van der Waals surface area contributed by atoms with Crippen LogP contribution in [0.4, 0.5) is 4.79 Å². The molecule has 5 heteroatoms. The second kappa shape index (κ2) is 8.87. The topological polar surface area (TPSA) is 48.5 Å². The lowest BCUT2D eigenvalue weighted by atomic mass is 10.2. The van der Waals surface area contributed by atoms with Crippen LogP contribution in [0.3, 0.4) is 0 Å². The number of pyridine rings is 1. The fraction of sp³-hybridized carbons (Fsp3) is 0.667. The predicted octanol–water partition coefficient (Wildman–Crippen LogP) is 2.88. The van der Waals surface area contributed by atoms with E-state index >= 15 is 0 Å². The first-order valence-electron chi connectivity index (χ1n) is 8.79. The van der Waals surface area contributed by atoms with Crippen molar-refractivity contribution in [1.82, 2.24) is 20.1 Å². The largest absolute Gasteiger partial charge is 0.336 e. The van der Waals surface area contributed by atoms with E-state index in [9.17, 15) is 4.79 Å². The first-order valence-corrected chi connectivity index (χ1v) is 8.79. The predicted molar refractivity (Wildman–Crippen MR) is 93.2 cm³/mol. The van der Waals surface area contributed by atoms with Crippen molar-refractivity contribution >= 4 is 6.03 Å². The number of urea groups is 1. The van der Waals surface area contributed by atoms with E-state index < -0.39 is 0 Å². The van der Waals surface area contributed by atoms with Crippen molar-refractivity contribution in [3.63, 3.8) is 0 Å². The van der Waals surface area contributed by atoms with E-state index in [4.69, 9.17) is 0 Å². The molecule has 2 rings (SSSR count). The van der Waals surface area contributed by atoms with E-state index in [0.717, 1.165) is 31.6 Å². The maximum Gasteiger partial charge on any atom is 0.317 e. The average molecular weight is 318 g/mol. The average Bonchev–Trinajstić information content (AvgIpc) is 3.02. The number of hydrogen-bond acceptors (Lipinski definition) is 3. The van der Waals surface area contributed by atoms with Crippen molar-refractivity contribution < 1.29 is 4.79 Å². The molecule has 1 aliphatic heterocycles. The highest BCUT2D eigenvalue weighted by Crippen LogP contribution is 2.19. The lowest BCUT2D eigenvalue weighted by Gasteiger charge is -2.29. The molecular weight excluding hydrogens is 288 g/mol. The molecule has 1 aromatic rings. The smallest absolute Gasteiger partial charge is 0.317 e. The van der Waals surface area contributed by atoms with E-state index in [1.807, 2.05) is 23.2 Å². The number of likely N-dealkylation sites (tertiary alicyclic amines) is 1. The summed E-state index contributed by atoms with van der Waals surface area (Å²) < 4.78 is 0. The molecule has 0 unspecified atom stereocenters. The third-order valence-electron chi connectivity index (χ3n) is 4.45. The van der Waals surface area contributed by atoms with Crippen molar-refractivity contribution in [3.8, 4) is 0 Å². The minimum absolute atomic E-state index is 0.0336. The summed E-state index contributed by atoms with van der Waals surface area (Å²) in [5, 5.41) is 3.14. The van der Waals surface area contributed by atoms with E-state index in [1.165, 1.54) is 12.8 Å². The van der Waals surface area contributed by atoms with Gasteiger partial charge in [0, 0.05) is 44.1 Å². The van der Waals surface area contributed by atoms with Gasteiger partial charge in [-0.15, -0.1) is 0 Å². The summed E-state index contributed by atoms with van der Waals surface area (Å²) >= 11 is 0. The molecule has 1 aliphatic rings. The summed E-state index contributed by atoms with van der Waals surface area (Å²) in [5.41, 5.74) is 1.07. The van der Waals surface area contributed by atoms with E-state index in [0.29, 0.717) is 18.6 Å². The zero-order valence-electron chi connectivity index (χ0n) is 14.7. The Hall–Kier alpha value is -1.62. The van der Waals surface area contributed by atoms with Crippen LogP contribution in [0.1, 0.15) is 45.6 Å². The molecule has 5 nitrogen and oxygen atoms in total. The molecule has 1 N–H and O–H groups in total. The Kier molecular flexibility index (Phi) is 6.84. The summed E-state index contributed by atoms with van der Waals surface area (Å²) in [7, 11) is 0. The van der Waals surface area contributed by atoms with Crippen LogP contribution in [-0.4, -0.2) is 52.5 Å². The molecule has 0 bridgehead atoms. The van der Waals surface area contributed by atoms with Crippen LogP contribution in [0.25, 0.3) is 0 Å². The van der Waals surface area contributed by atoms with Gasteiger partial charge in [0.05, 0.1) is 0 Å². The number of nitrogens with zero attached hydrogens (tertiary/aromatic N) is 3. The number of carbonyl (C=O) groups excluding carboxylic acids is 1. The Morgan fingerprint density at radius 2 is 2.35 bits per heavy atom. The molecule has 0 radical (unpaired) electrons. The van der Waals surface area contributed by atoms with Crippen molar-refractivity contribution in [2.75, 3.05) is 19.6 Å². The van der Waals surface area contributed by atoms with Crippen LogP contribution < -0.4 is 5.32 Å². The van der Waals surface area contributed by atoms with Gasteiger partial charge in [0.25, 0.3) is 0 Å². The highest BCUT2D eigenvalue weighted by Gasteiger charge is 2.27. The number of nitrogens with one attached hydrogen (secondary N) is 1. The minimum atomic E-state index is 0.0336. The zero-order valence-corrected chi connectivity index (χ0v) is 14.7. The van der Waals surface area contributed by atoms with Gasteiger partial charge in [0.15, 0.2) is 0 Å². The molecule has 1 aromatic heterocycles. The second-order valence-electron chi connectivity index (χ2n) is 6.60. The Morgan fingerprint density at radius 1 is 1.52 bits per heavy atom. The highest BCUT2D eigenvalue weighted by molar-refractivity contribution is 5.74. The van der Waals surface area contributed by atoms with Gasteiger partial charge in [-0.1, -0.05) is 13.0 Å². The fourth-order valence-corrected chi connectivity index (χ4v) is 3.31. The molecule has 2 amide bonds. The fourth-order valence-electron chi connectivity index (χ4n) is 3.31. The molecule has 0 aromatic carbocycles. The first-order chi connectivity index (χ1) is 11.1. The summed E-state index contributed by atoms with van der Waals surface area (Å²) in [4.78, 5) is 21.0. The zero-order chi connectivity index (χ0) is 16.7. The Balaban J connectivity index is 1.88. The van der Waals surface area contributed by atoms with Gasteiger partial charge < -0.3 is 10.2 Å². The number of carbonyl (C=O) groups is 1. The molecular formula is C18H30N4O. The van der Waals surface area contributed by atoms with Gasteiger partial charge in [-0.25, -0.2) is 4.79 Å². The van der Waals surface area contributed by atoms with E-state index in [1.54, 1.807) is 6.20 Å². The summed E-state index contributed by atoms with van der Waals surface area (Å²) in [5.74, 6) is 0. The Bertz CT molecular complexity index is 477. The molecule has 1 fully saturated rings. The van der Waals surface area contributed by atoms with Gasteiger partial charge >= 0.3 is 6.03 Å². The molecule has 0 aliphatic carbocycles. The third-order valence-corrected chi connectivity index (χ3v) is 4.45. The maximum absolute atomic E-state index is 12.5. The third kappa shape index (κ3) is 5.20. The highest BCUT2D eigenvalue weighted by atomic mass is 16.2. The molecule has 0 saturated carbocycles. The monoisotopic (exact) mass is 318 g/mol. The lowest BCUT2D eigenvalue weighted by Crippen LogP contribution is -2.47. The Morgan fingerprint density at radius 3 is 3.00 bits per heavy atom. The van der Waals surface area contributed by atoms with Crippen LogP contribution in [0.5, 0.6) is 0 Å². The summed E-state index contributed by atoms with van der Waals surface area (Å²) in [6.07, 6.45) is 6.94. The molecule has 23 heavy (non-hydrogen) atoms. The standard InChI is InChI=1S/C18H30N4O/c1-4-10-21(14-16-7-5-9-19-12-16)18(23)20-13-17-8-6-11-22(17)15(2)3/h5,7,9,12,15,17H,4,6,8,10-11,13-14H2,1-3H3,(H,20,23)/t17-/m0/s1. The molecule has 1 saturated heterocycles. The lowest BCUT2D eigenvalue weighted by molar-refractivity contribution is 0.177. The number of hydrogen-bond donors (Lipinski definition) is 1. The van der Waals surface area contributed by atoms with Crippen LogP contribution in [-0.2, 0) is 6.54 Å². The maximum atomic E-state index is 12.5. The summed E-state index contributed by atoms with van der Waals surface area (Å²) in [6, 6.07) is 4.98. The van der Waals surface area contributed by atoms with Crippen LogP contribution in [0.15, 0.2) is 24.5 Å². The molecule has 1 atom stereocenters. The van der Waals surface area contributed by atoms with Crippen molar-refractivity contribution in [2.24, 2.45) is 0 Å². The van der Waals surface area contributed by atoms with E-state index in [2.05, 4.69) is 36.0 Å². The SMILES string of the molecule is CCCN(Cc1cccnc1)C(=O)NC[C@@H]1CCCN1C(C)C. The van der Waals surface area contributed by atoms with Gasteiger partial charge in [-0.2, -0.15) is 0 Å². The number of aromatic nitrogens is 1. The normalized spacial score (nSPS) is 18.3. The second-order valence-corrected chi connectivity index (χ2v) is 6.60. The Labute approximate surface area is 140 Å². The van der Waals surface area contributed by atoms with Crippen LogP contribution >= 0.6 is 0 Å². The van der Waals surface area contributed by atoms with E-state index in [-0.39, 0.29) is 6.03 Å². The molecule has 128 valence electrons. The van der Waals surface area contributed by atoms with Crippen LogP contribution in [0, 0.1) is 0 Å². The molecule has 2 heterocycles. The van der Waals surface area contributed by atoms with Crippen molar-refractivity contribution in [3.05, 3.63) is 30.1 Å². The van der Waals surface area contributed by atoms with Crippen LogP contribution in [0.2, 0.25) is 0 Å². The van der Waals surface area contributed by atoms with Gasteiger partial charge in [-0.3, -0.25) is 9.88 Å². The quantitative estimate of drug-likeness (QED) is 0.841.